The molecule has 90 valence electrons. The van der Waals surface area contributed by atoms with Crippen molar-refractivity contribution < 1.29 is 14.7 Å². The Morgan fingerprint density at radius 3 is 2.69 bits per heavy atom. The van der Waals surface area contributed by atoms with E-state index >= 15 is 0 Å². The zero-order chi connectivity index (χ0) is 12.3. The van der Waals surface area contributed by atoms with Crippen molar-refractivity contribution in [1.29, 1.82) is 0 Å². The zero-order valence-corrected chi connectivity index (χ0v) is 9.80. The molecule has 1 rings (SSSR count). The van der Waals surface area contributed by atoms with Crippen LogP contribution in [0.15, 0.2) is 5.10 Å². The van der Waals surface area contributed by atoms with Gasteiger partial charge in [0, 0.05) is 12.3 Å². The highest BCUT2D eigenvalue weighted by molar-refractivity contribution is 6.08. The summed E-state index contributed by atoms with van der Waals surface area (Å²) in [6, 6.07) is 0. The first-order valence-corrected chi connectivity index (χ1v) is 5.15. The summed E-state index contributed by atoms with van der Waals surface area (Å²) in [6.07, 6.45) is -0.174. The van der Waals surface area contributed by atoms with Crippen LogP contribution in [0.2, 0.25) is 0 Å². The number of carbonyl (C=O) groups is 2. The second kappa shape index (κ2) is 5.07. The van der Waals surface area contributed by atoms with E-state index in [4.69, 9.17) is 5.11 Å². The van der Waals surface area contributed by atoms with Crippen molar-refractivity contribution in [2.75, 3.05) is 27.2 Å². The van der Waals surface area contributed by atoms with Gasteiger partial charge in [-0.15, -0.1) is 0 Å². The molecule has 0 saturated heterocycles. The number of nitrogens with zero attached hydrogens (tertiary/aromatic N) is 3. The number of aliphatic carboxylic acids is 1. The average Bonchev–Trinajstić information content (AvgIpc) is 2.42. The van der Waals surface area contributed by atoms with Gasteiger partial charge in [0.1, 0.15) is 0 Å². The SMILES string of the molecule is CC1=NN(CCN(C)C)C(=O)C1CC(=O)O. The molecule has 0 radical (unpaired) electrons. The van der Waals surface area contributed by atoms with Crippen LogP contribution in [0.4, 0.5) is 0 Å². The minimum absolute atomic E-state index is 0.174. The highest BCUT2D eigenvalue weighted by atomic mass is 16.4. The van der Waals surface area contributed by atoms with E-state index in [1.165, 1.54) is 5.01 Å². The van der Waals surface area contributed by atoms with E-state index < -0.39 is 11.9 Å². The molecule has 6 nitrogen and oxygen atoms in total. The lowest BCUT2D eigenvalue weighted by Gasteiger charge is -2.16. The number of hydrazone groups is 1. The summed E-state index contributed by atoms with van der Waals surface area (Å²) < 4.78 is 0. The van der Waals surface area contributed by atoms with Crippen LogP contribution in [0.5, 0.6) is 0 Å². The van der Waals surface area contributed by atoms with Gasteiger partial charge >= 0.3 is 5.97 Å². The molecule has 0 aromatic rings. The summed E-state index contributed by atoms with van der Waals surface area (Å²) in [7, 11) is 3.82. The zero-order valence-electron chi connectivity index (χ0n) is 9.80. The lowest BCUT2D eigenvalue weighted by atomic mass is 10.0. The van der Waals surface area contributed by atoms with Crippen LogP contribution in [0.1, 0.15) is 13.3 Å². The summed E-state index contributed by atoms with van der Waals surface area (Å²) in [6.45, 7) is 2.91. The van der Waals surface area contributed by atoms with Crippen LogP contribution in [0.25, 0.3) is 0 Å². The predicted molar refractivity (Wildman–Crippen MR) is 59.1 cm³/mol. The van der Waals surface area contributed by atoms with Gasteiger partial charge < -0.3 is 10.0 Å². The summed E-state index contributed by atoms with van der Waals surface area (Å²) in [5.41, 5.74) is 0.589. The second-order valence-corrected chi connectivity index (χ2v) is 4.16. The number of carboxylic acids is 1. The predicted octanol–water partition coefficient (Wildman–Crippen LogP) is -0.143. The Bertz CT molecular complexity index is 325. The highest BCUT2D eigenvalue weighted by Crippen LogP contribution is 2.18. The minimum atomic E-state index is -0.970. The van der Waals surface area contributed by atoms with E-state index in [0.29, 0.717) is 18.8 Å². The van der Waals surface area contributed by atoms with Gasteiger partial charge in [-0.25, -0.2) is 5.01 Å². The number of carboxylic acid groups (broad SMARTS) is 1. The molecule has 0 aromatic carbocycles. The fourth-order valence-corrected chi connectivity index (χ4v) is 1.53. The first-order valence-electron chi connectivity index (χ1n) is 5.15. The van der Waals surface area contributed by atoms with Crippen molar-refractivity contribution in [1.82, 2.24) is 9.91 Å². The molecule has 0 fully saturated rings. The quantitative estimate of drug-likeness (QED) is 0.709. The van der Waals surface area contributed by atoms with Gasteiger partial charge in [0.05, 0.1) is 18.9 Å². The molecule has 0 bridgehead atoms. The molecule has 1 aliphatic rings. The van der Waals surface area contributed by atoms with Crippen molar-refractivity contribution >= 4 is 17.6 Å². The molecule has 0 spiro atoms. The Labute approximate surface area is 94.5 Å². The third-order valence-corrected chi connectivity index (χ3v) is 2.47. The van der Waals surface area contributed by atoms with Crippen LogP contribution in [-0.4, -0.2) is 59.8 Å². The molecular formula is C10H17N3O3. The number of carbonyl (C=O) groups excluding carboxylic acids is 1. The van der Waals surface area contributed by atoms with E-state index in [2.05, 4.69) is 5.10 Å². The third-order valence-electron chi connectivity index (χ3n) is 2.47. The lowest BCUT2D eigenvalue weighted by Crippen LogP contribution is -2.33. The highest BCUT2D eigenvalue weighted by Gasteiger charge is 2.34. The van der Waals surface area contributed by atoms with Crippen molar-refractivity contribution in [3.8, 4) is 0 Å². The molecule has 1 amide bonds. The fraction of sp³-hybridized carbons (Fsp3) is 0.700. The van der Waals surface area contributed by atoms with Gasteiger partial charge in [-0.05, 0) is 21.0 Å². The lowest BCUT2D eigenvalue weighted by molar-refractivity contribution is -0.141. The number of hydrogen-bond donors (Lipinski definition) is 1. The minimum Gasteiger partial charge on any atom is -0.481 e. The van der Waals surface area contributed by atoms with Crippen LogP contribution in [0.3, 0.4) is 0 Å². The average molecular weight is 227 g/mol. The third kappa shape index (κ3) is 3.03. The Morgan fingerprint density at radius 2 is 2.19 bits per heavy atom. The Morgan fingerprint density at radius 1 is 1.56 bits per heavy atom. The maximum Gasteiger partial charge on any atom is 0.304 e. The molecule has 0 aromatic heterocycles. The second-order valence-electron chi connectivity index (χ2n) is 4.16. The van der Waals surface area contributed by atoms with E-state index in [1.807, 2.05) is 19.0 Å². The molecule has 16 heavy (non-hydrogen) atoms. The molecule has 1 heterocycles. The number of hydrogen-bond acceptors (Lipinski definition) is 4. The largest absolute Gasteiger partial charge is 0.481 e. The van der Waals surface area contributed by atoms with Crippen molar-refractivity contribution in [2.45, 2.75) is 13.3 Å². The molecule has 1 N–H and O–H groups in total. The van der Waals surface area contributed by atoms with E-state index in [0.717, 1.165) is 0 Å². The Balaban J connectivity index is 2.59. The van der Waals surface area contributed by atoms with Gasteiger partial charge in [-0.3, -0.25) is 9.59 Å². The standard InChI is InChI=1S/C10H17N3O3/c1-7-8(6-9(14)15)10(16)13(11-7)5-4-12(2)3/h8H,4-6H2,1-3H3,(H,14,15). The summed E-state index contributed by atoms with van der Waals surface area (Å²) in [5, 5.41) is 14.1. The summed E-state index contributed by atoms with van der Waals surface area (Å²) >= 11 is 0. The molecule has 0 saturated carbocycles. The number of amides is 1. The van der Waals surface area contributed by atoms with E-state index in [9.17, 15) is 9.59 Å². The normalized spacial score (nSPS) is 20.5. The maximum absolute atomic E-state index is 11.8. The molecule has 6 heteroatoms. The van der Waals surface area contributed by atoms with Crippen LogP contribution in [0, 0.1) is 5.92 Å². The fourth-order valence-electron chi connectivity index (χ4n) is 1.53. The number of likely N-dealkylation sites (N-methyl/N-ethyl adjacent to an activating group) is 1. The molecular weight excluding hydrogens is 210 g/mol. The monoisotopic (exact) mass is 227 g/mol. The summed E-state index contributed by atoms with van der Waals surface area (Å²) in [5.74, 6) is -1.76. The Kier molecular flexibility index (Phi) is 4.00. The van der Waals surface area contributed by atoms with Crippen molar-refractivity contribution in [2.24, 2.45) is 11.0 Å². The first kappa shape index (κ1) is 12.6. The van der Waals surface area contributed by atoms with Gasteiger partial charge in [0.15, 0.2) is 0 Å². The van der Waals surface area contributed by atoms with Gasteiger partial charge in [-0.2, -0.15) is 5.10 Å². The van der Waals surface area contributed by atoms with E-state index in [1.54, 1.807) is 6.92 Å². The smallest absolute Gasteiger partial charge is 0.304 e. The molecule has 0 aliphatic carbocycles. The van der Waals surface area contributed by atoms with Gasteiger partial charge in [0.2, 0.25) is 0 Å². The summed E-state index contributed by atoms with van der Waals surface area (Å²) in [4.78, 5) is 24.3. The van der Waals surface area contributed by atoms with Crippen molar-refractivity contribution in [3.05, 3.63) is 0 Å². The van der Waals surface area contributed by atoms with Crippen LogP contribution in [-0.2, 0) is 9.59 Å². The van der Waals surface area contributed by atoms with Crippen LogP contribution >= 0.6 is 0 Å². The first-order chi connectivity index (χ1) is 7.41. The topological polar surface area (TPSA) is 73.2 Å². The van der Waals surface area contributed by atoms with Crippen molar-refractivity contribution in [3.63, 3.8) is 0 Å². The maximum atomic E-state index is 11.8. The Hall–Kier alpha value is -1.43. The van der Waals surface area contributed by atoms with Gasteiger partial charge in [-0.1, -0.05) is 0 Å². The van der Waals surface area contributed by atoms with E-state index in [-0.39, 0.29) is 12.3 Å². The molecule has 1 atom stereocenters. The van der Waals surface area contributed by atoms with Crippen LogP contribution < -0.4 is 0 Å². The molecule has 1 unspecified atom stereocenters. The number of rotatable bonds is 5. The van der Waals surface area contributed by atoms with Gasteiger partial charge in [0.25, 0.3) is 5.91 Å². The molecule has 1 aliphatic heterocycles.